The summed E-state index contributed by atoms with van der Waals surface area (Å²) in [7, 11) is 0. The van der Waals surface area contributed by atoms with Crippen molar-refractivity contribution in [1.82, 2.24) is 0 Å². The minimum atomic E-state index is -0.113. The van der Waals surface area contributed by atoms with Gasteiger partial charge >= 0.3 is 5.97 Å². The largest absolute Gasteiger partial charge is 0.431 e. The molecular formula is C12H16O3. The Morgan fingerprint density at radius 3 is 2.67 bits per heavy atom. The number of carbonyl (C=O) groups excluding carboxylic acids is 2. The van der Waals surface area contributed by atoms with Crippen molar-refractivity contribution in [2.75, 3.05) is 0 Å². The Bertz CT molecular complexity index is 339. The second-order valence-corrected chi connectivity index (χ2v) is 4.72. The third kappa shape index (κ3) is 1.96. The Balaban J connectivity index is 2.20. The first-order valence-electron chi connectivity index (χ1n) is 5.52. The van der Waals surface area contributed by atoms with Crippen molar-refractivity contribution in [3.63, 3.8) is 0 Å². The van der Waals surface area contributed by atoms with Gasteiger partial charge in [0.15, 0.2) is 0 Å². The zero-order valence-electron chi connectivity index (χ0n) is 9.21. The lowest BCUT2D eigenvalue weighted by atomic mass is 9.82. The molecule has 1 unspecified atom stereocenters. The van der Waals surface area contributed by atoms with E-state index in [2.05, 4.69) is 0 Å². The maximum absolute atomic E-state index is 11.6. The minimum absolute atomic E-state index is 0.0605. The fraction of sp³-hybridized carbons (Fsp3) is 0.667. The first-order chi connectivity index (χ1) is 7.08. The topological polar surface area (TPSA) is 43.4 Å². The van der Waals surface area contributed by atoms with E-state index in [9.17, 15) is 9.59 Å². The van der Waals surface area contributed by atoms with Crippen LogP contribution >= 0.6 is 0 Å². The highest BCUT2D eigenvalue weighted by Gasteiger charge is 2.34. The molecule has 0 saturated heterocycles. The number of allylic oxidation sites excluding steroid dienone is 2. The molecule has 0 aromatic rings. The van der Waals surface area contributed by atoms with E-state index in [4.69, 9.17) is 4.74 Å². The van der Waals surface area contributed by atoms with Gasteiger partial charge in [-0.15, -0.1) is 0 Å². The zero-order chi connectivity index (χ0) is 11.0. The van der Waals surface area contributed by atoms with Gasteiger partial charge in [0.05, 0.1) is 5.92 Å². The van der Waals surface area contributed by atoms with Crippen LogP contribution < -0.4 is 0 Å². The smallest absolute Gasteiger partial charge is 0.314 e. The Hall–Kier alpha value is -1.12. The number of hydrogen-bond donors (Lipinski definition) is 0. The third-order valence-electron chi connectivity index (χ3n) is 3.23. The predicted molar refractivity (Wildman–Crippen MR) is 54.9 cm³/mol. The number of ketones is 1. The average molecular weight is 208 g/mol. The van der Waals surface area contributed by atoms with Gasteiger partial charge in [0.2, 0.25) is 0 Å². The fourth-order valence-electron chi connectivity index (χ4n) is 2.22. The van der Waals surface area contributed by atoms with Crippen molar-refractivity contribution in [3.05, 3.63) is 11.3 Å². The number of carbonyl (C=O) groups is 2. The summed E-state index contributed by atoms with van der Waals surface area (Å²) in [4.78, 5) is 22.9. The first-order valence-corrected chi connectivity index (χ1v) is 5.52. The molecule has 0 N–H and O–H groups in total. The van der Waals surface area contributed by atoms with Crippen molar-refractivity contribution < 1.29 is 14.3 Å². The van der Waals surface area contributed by atoms with Crippen molar-refractivity contribution in [2.24, 2.45) is 11.8 Å². The summed E-state index contributed by atoms with van der Waals surface area (Å²) in [5, 5.41) is 0. The molecule has 0 fully saturated rings. The summed E-state index contributed by atoms with van der Waals surface area (Å²) in [6, 6.07) is 0. The molecule has 0 aromatic heterocycles. The molecule has 3 nitrogen and oxygen atoms in total. The lowest BCUT2D eigenvalue weighted by Gasteiger charge is -2.30. The highest BCUT2D eigenvalue weighted by atomic mass is 16.5. The molecule has 0 saturated carbocycles. The molecule has 1 aliphatic heterocycles. The van der Waals surface area contributed by atoms with Crippen LogP contribution in [0.3, 0.4) is 0 Å². The average Bonchev–Trinajstić information content (AvgIpc) is 2.17. The normalized spacial score (nSPS) is 26.7. The van der Waals surface area contributed by atoms with Crippen LogP contribution in [0, 0.1) is 11.8 Å². The number of Topliss-reactive ketones (excluding diaryl/α,β-unsaturated/α-hetero) is 1. The van der Waals surface area contributed by atoms with Crippen LogP contribution in [0.25, 0.3) is 0 Å². The van der Waals surface area contributed by atoms with Gasteiger partial charge in [-0.1, -0.05) is 13.8 Å². The summed E-state index contributed by atoms with van der Waals surface area (Å²) in [5.41, 5.74) is 1.06. The van der Waals surface area contributed by atoms with Gasteiger partial charge in [-0.2, -0.15) is 0 Å². The van der Waals surface area contributed by atoms with Crippen molar-refractivity contribution in [2.45, 2.75) is 39.5 Å². The molecule has 0 amide bonds. The van der Waals surface area contributed by atoms with Gasteiger partial charge in [0, 0.05) is 19.3 Å². The van der Waals surface area contributed by atoms with E-state index in [1.54, 1.807) is 0 Å². The number of hydrogen-bond acceptors (Lipinski definition) is 3. The van der Waals surface area contributed by atoms with Crippen LogP contribution in [-0.4, -0.2) is 11.8 Å². The molecule has 0 aromatic carbocycles. The standard InChI is InChI=1S/C12H16O3/c1-7(2)10-6-8-5-9(13)3-4-11(8)15-12(10)14/h7,10H,3-6H2,1-2H3. The number of ether oxygens (including phenoxy) is 1. The van der Waals surface area contributed by atoms with Crippen molar-refractivity contribution in [1.29, 1.82) is 0 Å². The molecule has 1 aliphatic carbocycles. The first kappa shape index (κ1) is 10.4. The Morgan fingerprint density at radius 1 is 1.27 bits per heavy atom. The summed E-state index contributed by atoms with van der Waals surface area (Å²) in [5.74, 6) is 1.15. The van der Waals surface area contributed by atoms with E-state index >= 15 is 0 Å². The number of rotatable bonds is 1. The van der Waals surface area contributed by atoms with Crippen molar-refractivity contribution >= 4 is 11.8 Å². The minimum Gasteiger partial charge on any atom is -0.431 e. The molecule has 0 bridgehead atoms. The van der Waals surface area contributed by atoms with Crippen LogP contribution in [-0.2, 0) is 14.3 Å². The fourth-order valence-corrected chi connectivity index (χ4v) is 2.22. The van der Waals surface area contributed by atoms with Crippen molar-refractivity contribution in [3.8, 4) is 0 Å². The van der Waals surface area contributed by atoms with Gasteiger partial charge in [0.1, 0.15) is 11.5 Å². The van der Waals surface area contributed by atoms with Crippen LogP contribution in [0.2, 0.25) is 0 Å². The summed E-state index contributed by atoms with van der Waals surface area (Å²) in [6.45, 7) is 4.03. The van der Waals surface area contributed by atoms with Gasteiger partial charge < -0.3 is 4.74 Å². The SMILES string of the molecule is CC(C)C1CC2=C(CCC(=O)C2)OC1=O. The molecule has 2 rings (SSSR count). The van der Waals surface area contributed by atoms with Gasteiger partial charge in [-0.3, -0.25) is 9.59 Å². The third-order valence-corrected chi connectivity index (χ3v) is 3.23. The molecule has 1 atom stereocenters. The van der Waals surface area contributed by atoms with E-state index < -0.39 is 0 Å². The van der Waals surface area contributed by atoms with E-state index in [-0.39, 0.29) is 23.6 Å². The Kier molecular flexibility index (Phi) is 2.63. The summed E-state index contributed by atoms with van der Waals surface area (Å²) >= 11 is 0. The number of esters is 1. The summed E-state index contributed by atoms with van der Waals surface area (Å²) in [6.07, 6.45) is 2.35. The molecule has 82 valence electrons. The van der Waals surface area contributed by atoms with E-state index in [1.165, 1.54) is 0 Å². The predicted octanol–water partition coefficient (Wildman–Crippen LogP) is 2.21. The summed E-state index contributed by atoms with van der Waals surface area (Å²) < 4.78 is 5.30. The van der Waals surface area contributed by atoms with E-state index in [0.717, 1.165) is 17.8 Å². The zero-order valence-corrected chi connectivity index (χ0v) is 9.21. The maximum Gasteiger partial charge on any atom is 0.314 e. The Morgan fingerprint density at radius 2 is 2.00 bits per heavy atom. The second-order valence-electron chi connectivity index (χ2n) is 4.72. The van der Waals surface area contributed by atoms with Gasteiger partial charge in [-0.05, 0) is 17.9 Å². The molecule has 2 aliphatic rings. The monoisotopic (exact) mass is 208 g/mol. The van der Waals surface area contributed by atoms with Crippen LogP contribution in [0.4, 0.5) is 0 Å². The van der Waals surface area contributed by atoms with Crippen LogP contribution in [0.15, 0.2) is 11.3 Å². The van der Waals surface area contributed by atoms with E-state index in [1.807, 2.05) is 13.8 Å². The second kappa shape index (κ2) is 3.80. The van der Waals surface area contributed by atoms with Gasteiger partial charge in [-0.25, -0.2) is 0 Å². The highest BCUT2D eigenvalue weighted by Crippen LogP contribution is 2.36. The quantitative estimate of drug-likeness (QED) is 0.620. The molecule has 15 heavy (non-hydrogen) atoms. The maximum atomic E-state index is 11.6. The lowest BCUT2D eigenvalue weighted by molar-refractivity contribution is -0.148. The molecular weight excluding hydrogens is 192 g/mol. The molecule has 1 heterocycles. The highest BCUT2D eigenvalue weighted by molar-refractivity contribution is 5.84. The van der Waals surface area contributed by atoms with Crippen LogP contribution in [0.1, 0.15) is 39.5 Å². The molecule has 0 spiro atoms. The van der Waals surface area contributed by atoms with Gasteiger partial charge in [0.25, 0.3) is 0 Å². The Labute approximate surface area is 89.5 Å². The lowest BCUT2D eigenvalue weighted by Crippen LogP contribution is -2.30. The van der Waals surface area contributed by atoms with Crippen LogP contribution in [0.5, 0.6) is 0 Å². The van der Waals surface area contributed by atoms with E-state index in [0.29, 0.717) is 19.3 Å². The molecule has 0 radical (unpaired) electrons. The molecule has 3 heteroatoms.